The van der Waals surface area contributed by atoms with Crippen molar-refractivity contribution in [2.45, 2.75) is 45.5 Å². The van der Waals surface area contributed by atoms with Crippen molar-refractivity contribution in [1.82, 2.24) is 10.3 Å². The molecule has 1 aromatic carbocycles. The minimum Gasteiger partial charge on any atom is -0.494 e. The summed E-state index contributed by atoms with van der Waals surface area (Å²) in [6.45, 7) is 6.52. The van der Waals surface area contributed by atoms with Crippen LogP contribution in [0.1, 0.15) is 39.0 Å². The summed E-state index contributed by atoms with van der Waals surface area (Å²) >= 11 is 1.27. The number of halogens is 4. The molecule has 15 heteroatoms. The Labute approximate surface area is 239 Å². The first-order valence-corrected chi connectivity index (χ1v) is 13.3. The van der Waals surface area contributed by atoms with Crippen LogP contribution in [0.4, 0.5) is 22.4 Å². The Bertz CT molecular complexity index is 1230. The Hall–Kier alpha value is -3.46. The molecular formula is C26H33F4N3O7S. The van der Waals surface area contributed by atoms with Crippen LogP contribution in [0.25, 0.3) is 10.9 Å². The maximum absolute atomic E-state index is 13.0. The minimum atomic E-state index is -4.56. The third kappa shape index (κ3) is 11.9. The maximum Gasteiger partial charge on any atom is 0.433 e. The van der Waals surface area contributed by atoms with Crippen LogP contribution in [-0.4, -0.2) is 80.0 Å². The summed E-state index contributed by atoms with van der Waals surface area (Å²) in [5, 5.41) is 3.01. The van der Waals surface area contributed by atoms with Gasteiger partial charge >= 0.3 is 24.3 Å². The summed E-state index contributed by atoms with van der Waals surface area (Å²) in [7, 11) is 2.66. The van der Waals surface area contributed by atoms with Crippen LogP contribution >= 0.6 is 11.8 Å². The van der Waals surface area contributed by atoms with Crippen molar-refractivity contribution in [2.75, 3.05) is 40.2 Å². The molecule has 0 saturated carbocycles. The molecular weight excluding hydrogens is 574 g/mol. The molecule has 1 heterocycles. The fourth-order valence-corrected chi connectivity index (χ4v) is 3.68. The van der Waals surface area contributed by atoms with Gasteiger partial charge in [-0.2, -0.15) is 17.6 Å². The Balaban J connectivity index is 0.000000479. The lowest BCUT2D eigenvalue weighted by molar-refractivity contribution is -0.142. The number of hydrogen-bond donors (Lipinski definition) is 1. The van der Waals surface area contributed by atoms with Gasteiger partial charge in [-0.05, 0) is 58.2 Å². The van der Waals surface area contributed by atoms with Crippen molar-refractivity contribution in [3.05, 3.63) is 35.5 Å². The summed E-state index contributed by atoms with van der Waals surface area (Å²) < 4.78 is 70.7. The van der Waals surface area contributed by atoms with Crippen LogP contribution in [0.5, 0.6) is 5.75 Å². The zero-order valence-corrected chi connectivity index (χ0v) is 24.5. The number of carbonyl (C=O) groups excluding carboxylic acids is 3. The number of aliphatic imine (C=N–C) groups is 1. The number of nitrogens with zero attached hydrogens (tertiary/aromatic N) is 2. The molecule has 1 N–H and O–H groups in total. The van der Waals surface area contributed by atoms with Gasteiger partial charge in [-0.15, -0.1) is 11.8 Å². The van der Waals surface area contributed by atoms with E-state index in [-0.39, 0.29) is 31.0 Å². The van der Waals surface area contributed by atoms with Crippen LogP contribution in [0.2, 0.25) is 0 Å². The van der Waals surface area contributed by atoms with Crippen LogP contribution in [0, 0.1) is 0 Å². The normalized spacial score (nSPS) is 12.6. The van der Waals surface area contributed by atoms with E-state index >= 15 is 0 Å². The number of methoxy groups -OCH3 is 2. The quantitative estimate of drug-likeness (QED) is 0.138. The van der Waals surface area contributed by atoms with E-state index in [0.717, 1.165) is 6.07 Å². The maximum atomic E-state index is 13.0. The molecule has 0 unspecified atom stereocenters. The number of alkyl halides is 3. The predicted molar refractivity (Wildman–Crippen MR) is 146 cm³/mol. The monoisotopic (exact) mass is 607 g/mol. The van der Waals surface area contributed by atoms with Gasteiger partial charge in [0.15, 0.2) is 0 Å². The molecule has 10 nitrogen and oxygen atoms in total. The second-order valence-corrected chi connectivity index (χ2v) is 9.79. The summed E-state index contributed by atoms with van der Waals surface area (Å²) in [6.07, 6.45) is -3.65. The molecule has 1 aromatic heterocycles. The molecule has 0 fully saturated rings. The largest absolute Gasteiger partial charge is 0.494 e. The smallest absolute Gasteiger partial charge is 0.433 e. The molecule has 2 aromatic rings. The number of nitrogens with one attached hydrogen (secondary N) is 1. The van der Waals surface area contributed by atoms with Crippen molar-refractivity contribution in [1.29, 1.82) is 0 Å². The minimum absolute atomic E-state index is 0.0812. The number of esters is 1. The average molecular weight is 608 g/mol. The van der Waals surface area contributed by atoms with E-state index in [1.54, 1.807) is 40.0 Å². The van der Waals surface area contributed by atoms with Crippen LogP contribution in [0.15, 0.2) is 29.3 Å². The summed E-state index contributed by atoms with van der Waals surface area (Å²) in [5.41, 5.74) is -1.05. The Morgan fingerprint density at radius 1 is 1.10 bits per heavy atom. The first-order chi connectivity index (χ1) is 19.1. The first kappa shape index (κ1) is 35.6. The van der Waals surface area contributed by atoms with E-state index < -0.39 is 41.6 Å². The SMILES string of the molecule is CCOC(=O)CN=C(SC)c1ccc(OC)c2nc(C(F)(F)F)ccc12.COC[C@H](NC(=O)OC(C)(C)C)C(=O)F. The molecule has 228 valence electrons. The molecule has 1 amide bonds. The second kappa shape index (κ2) is 16.1. The standard InChI is InChI=1S/C17H17F3N2O3S.C9H16FNO4/c1-4-25-14(23)9-21-16(26-3)11-5-7-12(24-2)15-10(11)6-8-13(22-15)17(18,19)20;1-9(2,3)15-8(13)11-6(5-14-4)7(10)12/h5-8H,4,9H2,1-3H3;6H,5H2,1-4H3,(H,11,13)/t;6-/m.0/s1. The van der Waals surface area contributed by atoms with Gasteiger partial charge in [0.25, 0.3) is 0 Å². The van der Waals surface area contributed by atoms with Crippen LogP contribution < -0.4 is 10.1 Å². The van der Waals surface area contributed by atoms with Crippen molar-refractivity contribution in [3.63, 3.8) is 0 Å². The van der Waals surface area contributed by atoms with E-state index in [2.05, 4.69) is 20.0 Å². The van der Waals surface area contributed by atoms with Gasteiger partial charge in [0.05, 0.1) is 25.4 Å². The van der Waals surface area contributed by atoms with Crippen LogP contribution in [0.3, 0.4) is 0 Å². The lowest BCUT2D eigenvalue weighted by Crippen LogP contribution is -2.44. The van der Waals surface area contributed by atoms with Crippen molar-refractivity contribution < 1.29 is 50.9 Å². The molecule has 0 spiro atoms. The number of aromatic nitrogens is 1. The molecule has 0 aliphatic heterocycles. The Morgan fingerprint density at radius 2 is 1.76 bits per heavy atom. The molecule has 0 aliphatic carbocycles. The highest BCUT2D eigenvalue weighted by molar-refractivity contribution is 8.13. The van der Waals surface area contributed by atoms with Crippen molar-refractivity contribution in [2.24, 2.45) is 4.99 Å². The Kier molecular flexibility index (Phi) is 14.0. The van der Waals surface area contributed by atoms with E-state index in [1.807, 2.05) is 0 Å². The average Bonchev–Trinajstić information content (AvgIpc) is 2.87. The predicted octanol–water partition coefficient (Wildman–Crippen LogP) is 4.96. The van der Waals surface area contributed by atoms with E-state index in [4.69, 9.17) is 14.2 Å². The Morgan fingerprint density at radius 3 is 2.24 bits per heavy atom. The topological polar surface area (TPSA) is 125 Å². The fraction of sp³-hybridized carbons (Fsp3) is 0.500. The van der Waals surface area contributed by atoms with Crippen molar-refractivity contribution in [3.8, 4) is 5.75 Å². The highest BCUT2D eigenvalue weighted by Crippen LogP contribution is 2.34. The van der Waals surface area contributed by atoms with Gasteiger partial charge in [-0.1, -0.05) is 0 Å². The molecule has 0 aliphatic rings. The van der Waals surface area contributed by atoms with Gasteiger partial charge in [-0.25, -0.2) is 9.78 Å². The second-order valence-electron chi connectivity index (χ2n) is 8.99. The number of thioether (sulfide) groups is 1. The van der Waals surface area contributed by atoms with Crippen LogP contribution in [-0.2, 0) is 30.0 Å². The zero-order chi connectivity index (χ0) is 31.4. The zero-order valence-electron chi connectivity index (χ0n) is 23.7. The van der Waals surface area contributed by atoms with Gasteiger partial charge in [0.2, 0.25) is 0 Å². The molecule has 0 saturated heterocycles. The summed E-state index contributed by atoms with van der Waals surface area (Å²) in [4.78, 5) is 41.0. The number of pyridine rings is 1. The van der Waals surface area contributed by atoms with Gasteiger partial charge in [0, 0.05) is 18.1 Å². The molecule has 2 rings (SSSR count). The summed E-state index contributed by atoms with van der Waals surface area (Å²) in [5.74, 6) is -0.255. The molecule has 1 atom stereocenters. The van der Waals surface area contributed by atoms with E-state index in [0.29, 0.717) is 16.0 Å². The molecule has 41 heavy (non-hydrogen) atoms. The highest BCUT2D eigenvalue weighted by Gasteiger charge is 2.33. The summed E-state index contributed by atoms with van der Waals surface area (Å²) in [6, 6.07) is 2.47. The number of hydrogen-bond acceptors (Lipinski definition) is 10. The number of alkyl carbamates (subject to hydrolysis) is 1. The number of amides is 1. The van der Waals surface area contributed by atoms with Gasteiger partial charge in [-0.3, -0.25) is 14.6 Å². The van der Waals surface area contributed by atoms with E-state index in [9.17, 15) is 31.9 Å². The number of carbonyl (C=O) groups is 3. The van der Waals surface area contributed by atoms with Gasteiger partial charge in [0.1, 0.15) is 35.1 Å². The number of rotatable bonds is 9. The fourth-order valence-electron chi connectivity index (χ4n) is 3.08. The van der Waals surface area contributed by atoms with Crippen molar-refractivity contribution >= 4 is 45.8 Å². The molecule has 0 radical (unpaired) electrons. The first-order valence-electron chi connectivity index (χ1n) is 12.0. The van der Waals surface area contributed by atoms with Gasteiger partial charge < -0.3 is 24.3 Å². The third-order valence-corrected chi connectivity index (χ3v) is 5.45. The van der Waals surface area contributed by atoms with E-state index in [1.165, 1.54) is 38.1 Å². The highest BCUT2D eigenvalue weighted by atomic mass is 32.2. The number of benzene rings is 1. The lowest BCUT2D eigenvalue weighted by atomic mass is 10.1. The third-order valence-electron chi connectivity index (χ3n) is 4.71. The number of ether oxygens (including phenoxy) is 4. The molecule has 0 bridgehead atoms. The lowest BCUT2D eigenvalue weighted by Gasteiger charge is -2.21. The number of fused-ring (bicyclic) bond motifs is 1.